The van der Waals surface area contributed by atoms with Gasteiger partial charge >= 0.3 is 0 Å². The minimum absolute atomic E-state index is 0.158. The normalized spacial score (nSPS) is 19.0. The third kappa shape index (κ3) is 6.16. The molecule has 168 valence electrons. The number of carbonyl (C=O) groups is 1. The number of amides is 1. The average Bonchev–Trinajstić information content (AvgIpc) is 2.78. The molecular weight excluding hydrogens is 406 g/mol. The number of nitrogens with zero attached hydrogens (tertiary/aromatic N) is 3. The molecule has 0 unspecified atom stereocenters. The molecule has 2 heterocycles. The van der Waals surface area contributed by atoms with Crippen molar-refractivity contribution in [1.82, 2.24) is 14.1 Å². The second-order valence-corrected chi connectivity index (χ2v) is 9.58. The van der Waals surface area contributed by atoms with Crippen LogP contribution in [0.3, 0.4) is 0 Å². The molecule has 8 nitrogen and oxygen atoms in total. The molecule has 1 aromatic carbocycles. The molecule has 0 aliphatic carbocycles. The first-order chi connectivity index (χ1) is 14.5. The average molecular weight is 440 g/mol. The first-order valence-electron chi connectivity index (χ1n) is 10.8. The Bertz CT molecular complexity index is 770. The van der Waals surface area contributed by atoms with E-state index in [0.29, 0.717) is 58.3 Å². The molecule has 2 saturated heterocycles. The van der Waals surface area contributed by atoms with Crippen molar-refractivity contribution in [3.8, 4) is 5.75 Å². The highest BCUT2D eigenvalue weighted by atomic mass is 32.2. The topological polar surface area (TPSA) is 79.4 Å². The number of sulfonamides is 1. The maximum Gasteiger partial charge on any atom is 0.243 e. The summed E-state index contributed by atoms with van der Waals surface area (Å²) < 4.78 is 38.2. The van der Waals surface area contributed by atoms with Crippen LogP contribution in [-0.4, -0.2) is 94.1 Å². The van der Waals surface area contributed by atoms with E-state index in [9.17, 15) is 13.2 Å². The lowest BCUT2D eigenvalue weighted by molar-refractivity contribution is -0.133. The van der Waals surface area contributed by atoms with Gasteiger partial charge < -0.3 is 14.4 Å². The fourth-order valence-corrected chi connectivity index (χ4v) is 5.20. The Labute approximate surface area is 179 Å². The molecule has 3 rings (SSSR count). The molecule has 0 radical (unpaired) electrons. The number of hydrogen-bond acceptors (Lipinski definition) is 6. The van der Waals surface area contributed by atoms with Gasteiger partial charge in [0.25, 0.3) is 0 Å². The van der Waals surface area contributed by atoms with Gasteiger partial charge in [-0.25, -0.2) is 8.42 Å². The summed E-state index contributed by atoms with van der Waals surface area (Å²) in [5, 5.41) is 0. The number of piperazine rings is 1. The second kappa shape index (κ2) is 11.1. The molecule has 0 spiro atoms. The Hall–Kier alpha value is -1.68. The lowest BCUT2D eigenvalue weighted by Gasteiger charge is -2.35. The van der Waals surface area contributed by atoms with E-state index in [-0.39, 0.29) is 10.8 Å². The molecule has 0 saturated carbocycles. The zero-order valence-corrected chi connectivity index (χ0v) is 18.6. The van der Waals surface area contributed by atoms with E-state index in [4.69, 9.17) is 9.47 Å². The molecule has 1 aromatic rings. The van der Waals surface area contributed by atoms with E-state index in [1.54, 1.807) is 24.3 Å². The van der Waals surface area contributed by atoms with Gasteiger partial charge in [0.1, 0.15) is 12.4 Å². The highest BCUT2D eigenvalue weighted by Gasteiger charge is 2.30. The summed E-state index contributed by atoms with van der Waals surface area (Å²) in [5.74, 6) is 0.778. The third-order valence-corrected chi connectivity index (χ3v) is 7.47. The molecule has 2 fully saturated rings. The van der Waals surface area contributed by atoms with Crippen molar-refractivity contribution in [2.45, 2.75) is 31.1 Å². The summed E-state index contributed by atoms with van der Waals surface area (Å²) in [7, 11) is -3.55. The summed E-state index contributed by atoms with van der Waals surface area (Å²) >= 11 is 0. The van der Waals surface area contributed by atoms with Gasteiger partial charge in [0.15, 0.2) is 0 Å². The zero-order valence-electron chi connectivity index (χ0n) is 17.8. The summed E-state index contributed by atoms with van der Waals surface area (Å²) in [6.45, 7) is 7.48. The van der Waals surface area contributed by atoms with Crippen LogP contribution >= 0.6 is 0 Å². The van der Waals surface area contributed by atoms with Crippen LogP contribution in [0, 0.1) is 0 Å². The van der Waals surface area contributed by atoms with Crippen LogP contribution in [0.5, 0.6) is 5.75 Å². The van der Waals surface area contributed by atoms with Gasteiger partial charge in [0.05, 0.1) is 18.0 Å². The Kier molecular flexibility index (Phi) is 8.50. The van der Waals surface area contributed by atoms with Crippen molar-refractivity contribution in [1.29, 1.82) is 0 Å². The smallest absolute Gasteiger partial charge is 0.243 e. The molecule has 0 aromatic heterocycles. The first kappa shape index (κ1) is 23.0. The molecule has 2 aliphatic heterocycles. The molecule has 9 heteroatoms. The van der Waals surface area contributed by atoms with Gasteiger partial charge in [-0.1, -0.05) is 0 Å². The number of likely N-dealkylation sites (tertiary alicyclic amines) is 1. The number of benzene rings is 1. The Morgan fingerprint density at radius 3 is 2.23 bits per heavy atom. The van der Waals surface area contributed by atoms with Crippen molar-refractivity contribution in [2.24, 2.45) is 0 Å². The highest BCUT2D eigenvalue weighted by Crippen LogP contribution is 2.21. The first-order valence-corrected chi connectivity index (χ1v) is 12.3. The van der Waals surface area contributed by atoms with Gasteiger partial charge in [-0.05, 0) is 50.5 Å². The van der Waals surface area contributed by atoms with Gasteiger partial charge in [-0.2, -0.15) is 4.31 Å². The SMILES string of the molecule is CCOCCOc1ccc(S(=O)(=O)N2CCN(CC(=O)N3CCCCC3)CC2)cc1. The van der Waals surface area contributed by atoms with E-state index in [1.807, 2.05) is 11.8 Å². The number of hydrogen-bond donors (Lipinski definition) is 0. The van der Waals surface area contributed by atoms with Crippen molar-refractivity contribution in [3.05, 3.63) is 24.3 Å². The predicted octanol–water partition coefficient (Wildman–Crippen LogP) is 1.42. The van der Waals surface area contributed by atoms with Crippen molar-refractivity contribution in [3.63, 3.8) is 0 Å². The number of ether oxygens (including phenoxy) is 2. The van der Waals surface area contributed by atoms with E-state index in [2.05, 4.69) is 4.90 Å². The van der Waals surface area contributed by atoms with Gasteiger partial charge in [0.2, 0.25) is 15.9 Å². The predicted molar refractivity (Wildman–Crippen MR) is 114 cm³/mol. The summed E-state index contributed by atoms with van der Waals surface area (Å²) in [6.07, 6.45) is 3.35. The molecule has 0 bridgehead atoms. The fraction of sp³-hybridized carbons (Fsp3) is 0.667. The van der Waals surface area contributed by atoms with Crippen LogP contribution in [0.2, 0.25) is 0 Å². The standard InChI is InChI=1S/C21H33N3O5S/c1-2-28-16-17-29-19-6-8-20(9-7-19)30(26,27)24-14-12-22(13-15-24)18-21(25)23-10-4-3-5-11-23/h6-9H,2-5,10-18H2,1H3. The van der Waals surface area contributed by atoms with Gasteiger partial charge in [0, 0.05) is 45.9 Å². The van der Waals surface area contributed by atoms with Gasteiger partial charge in [-0.15, -0.1) is 0 Å². The molecule has 1 amide bonds. The van der Waals surface area contributed by atoms with Crippen molar-refractivity contribution in [2.75, 3.05) is 65.6 Å². The van der Waals surface area contributed by atoms with Crippen molar-refractivity contribution < 1.29 is 22.7 Å². The molecule has 0 atom stereocenters. The van der Waals surface area contributed by atoms with E-state index >= 15 is 0 Å². The van der Waals surface area contributed by atoms with Crippen molar-refractivity contribution >= 4 is 15.9 Å². The van der Waals surface area contributed by atoms with E-state index < -0.39 is 10.0 Å². The number of piperidine rings is 1. The molecule has 30 heavy (non-hydrogen) atoms. The minimum Gasteiger partial charge on any atom is -0.491 e. The lowest BCUT2D eigenvalue weighted by atomic mass is 10.1. The van der Waals surface area contributed by atoms with Crippen LogP contribution < -0.4 is 4.74 Å². The van der Waals surface area contributed by atoms with Crippen LogP contribution in [0.1, 0.15) is 26.2 Å². The quantitative estimate of drug-likeness (QED) is 0.542. The van der Waals surface area contributed by atoms with Gasteiger partial charge in [-0.3, -0.25) is 9.69 Å². The lowest BCUT2D eigenvalue weighted by Crippen LogP contribution is -2.51. The van der Waals surface area contributed by atoms with E-state index in [0.717, 1.165) is 25.9 Å². The van der Waals surface area contributed by atoms with E-state index in [1.165, 1.54) is 10.7 Å². The third-order valence-electron chi connectivity index (χ3n) is 5.56. The number of carbonyl (C=O) groups excluding carboxylic acids is 1. The van der Waals surface area contributed by atoms with Crippen LogP contribution in [0.4, 0.5) is 0 Å². The maximum absolute atomic E-state index is 12.9. The zero-order chi connectivity index (χ0) is 21.4. The highest BCUT2D eigenvalue weighted by molar-refractivity contribution is 7.89. The largest absolute Gasteiger partial charge is 0.491 e. The maximum atomic E-state index is 12.9. The second-order valence-electron chi connectivity index (χ2n) is 7.64. The van der Waals surface area contributed by atoms with Crippen LogP contribution in [0.25, 0.3) is 0 Å². The minimum atomic E-state index is -3.55. The fourth-order valence-electron chi connectivity index (χ4n) is 3.78. The van der Waals surface area contributed by atoms with Crippen LogP contribution in [-0.2, 0) is 19.6 Å². The molecule has 2 aliphatic rings. The summed E-state index contributed by atoms with van der Waals surface area (Å²) in [5.41, 5.74) is 0. The molecule has 0 N–H and O–H groups in total. The Morgan fingerprint density at radius 1 is 0.933 bits per heavy atom. The monoisotopic (exact) mass is 439 g/mol. The summed E-state index contributed by atoms with van der Waals surface area (Å²) in [6, 6.07) is 6.51. The Morgan fingerprint density at radius 2 is 1.60 bits per heavy atom. The Balaban J connectivity index is 1.48. The molecular formula is C21H33N3O5S. The number of rotatable bonds is 9. The summed E-state index contributed by atoms with van der Waals surface area (Å²) in [4.78, 5) is 16.7. The van der Waals surface area contributed by atoms with Crippen LogP contribution in [0.15, 0.2) is 29.2 Å².